The number of amides is 1. The molecule has 2 unspecified atom stereocenters. The Balaban J connectivity index is 1.84. The number of alkyl halides is 1. The predicted molar refractivity (Wildman–Crippen MR) is 77.5 cm³/mol. The Hall–Kier alpha value is -1.53. The number of hydrogen-bond donors (Lipinski definition) is 1. The fraction of sp³-hybridized carbons (Fsp3) is 0.429. The second kappa shape index (κ2) is 5.46. The van der Waals surface area contributed by atoms with Crippen molar-refractivity contribution in [3.63, 3.8) is 0 Å². The molecule has 106 valence electrons. The summed E-state index contributed by atoms with van der Waals surface area (Å²) in [4.78, 5) is 17.5. The monoisotopic (exact) mass is 293 g/mol. The van der Waals surface area contributed by atoms with E-state index in [1.54, 1.807) is 0 Å². The molecule has 1 fully saturated rings. The van der Waals surface area contributed by atoms with Gasteiger partial charge in [-0.05, 0) is 18.6 Å². The number of hydrogen-bond acceptors (Lipinski definition) is 4. The van der Waals surface area contributed by atoms with Gasteiger partial charge in [0.25, 0.3) is 0 Å². The number of piperidine rings is 1. The minimum absolute atomic E-state index is 0.189. The van der Waals surface area contributed by atoms with Crippen LogP contribution in [-0.4, -0.2) is 41.6 Å². The Labute approximate surface area is 120 Å². The Bertz CT molecular complexity index is 597. The molecule has 1 aliphatic heterocycles. The van der Waals surface area contributed by atoms with Crippen molar-refractivity contribution in [2.75, 3.05) is 19.6 Å². The van der Waals surface area contributed by atoms with Gasteiger partial charge in [0.15, 0.2) is 0 Å². The van der Waals surface area contributed by atoms with Crippen molar-refractivity contribution in [3.05, 3.63) is 29.3 Å². The molecule has 1 saturated heterocycles. The summed E-state index contributed by atoms with van der Waals surface area (Å²) in [6.45, 7) is 1.27. The van der Waals surface area contributed by atoms with E-state index in [1.807, 2.05) is 29.2 Å². The molecule has 0 spiro atoms. The van der Waals surface area contributed by atoms with E-state index < -0.39 is 6.17 Å². The lowest BCUT2D eigenvalue weighted by Gasteiger charge is -2.33. The van der Waals surface area contributed by atoms with Gasteiger partial charge in [-0.25, -0.2) is 9.37 Å². The van der Waals surface area contributed by atoms with Crippen molar-refractivity contribution in [3.8, 4) is 0 Å². The number of aromatic nitrogens is 1. The zero-order chi connectivity index (χ0) is 14.1. The number of nitrogens with two attached hydrogens (primary N) is 1. The summed E-state index contributed by atoms with van der Waals surface area (Å²) in [5, 5.41) is 0.813. The highest BCUT2D eigenvalue weighted by Crippen LogP contribution is 2.34. The molecule has 6 heteroatoms. The summed E-state index contributed by atoms with van der Waals surface area (Å²) in [6.07, 6.45) is -0.479. The number of likely N-dealkylation sites (tertiary alicyclic amines) is 1. The Morgan fingerprint density at radius 1 is 1.50 bits per heavy atom. The van der Waals surface area contributed by atoms with Crippen LogP contribution < -0.4 is 5.73 Å². The van der Waals surface area contributed by atoms with Crippen LogP contribution in [0.25, 0.3) is 10.2 Å². The number of halogens is 1. The van der Waals surface area contributed by atoms with Crippen LogP contribution in [0.4, 0.5) is 4.39 Å². The largest absolute Gasteiger partial charge is 0.369 e. The topological polar surface area (TPSA) is 59.2 Å². The number of fused-ring (bicyclic) bond motifs is 1. The molecule has 3 rings (SSSR count). The van der Waals surface area contributed by atoms with E-state index in [-0.39, 0.29) is 18.4 Å². The lowest BCUT2D eigenvalue weighted by atomic mass is 9.96. The average molecular weight is 293 g/mol. The van der Waals surface area contributed by atoms with Crippen molar-refractivity contribution in [1.82, 2.24) is 9.88 Å². The highest BCUT2D eigenvalue weighted by molar-refractivity contribution is 7.18. The van der Waals surface area contributed by atoms with E-state index >= 15 is 0 Å². The molecule has 1 amide bonds. The quantitative estimate of drug-likeness (QED) is 0.940. The van der Waals surface area contributed by atoms with E-state index in [2.05, 4.69) is 4.98 Å². The molecule has 2 N–H and O–H groups in total. The van der Waals surface area contributed by atoms with Gasteiger partial charge in [-0.1, -0.05) is 12.1 Å². The number of benzene rings is 1. The molecule has 0 aliphatic carbocycles. The number of carbonyl (C=O) groups excluding carboxylic acids is 1. The maximum absolute atomic E-state index is 14.2. The fourth-order valence-electron chi connectivity index (χ4n) is 2.64. The van der Waals surface area contributed by atoms with E-state index in [9.17, 15) is 9.18 Å². The van der Waals surface area contributed by atoms with Gasteiger partial charge in [-0.2, -0.15) is 0 Å². The van der Waals surface area contributed by atoms with Crippen molar-refractivity contribution in [2.45, 2.75) is 18.5 Å². The zero-order valence-corrected chi connectivity index (χ0v) is 11.8. The third-order valence-electron chi connectivity index (χ3n) is 3.62. The van der Waals surface area contributed by atoms with Gasteiger partial charge in [-0.15, -0.1) is 11.3 Å². The van der Waals surface area contributed by atoms with Crippen LogP contribution in [0.3, 0.4) is 0 Å². The van der Waals surface area contributed by atoms with Crippen LogP contribution in [0.5, 0.6) is 0 Å². The average Bonchev–Trinajstić information content (AvgIpc) is 2.84. The summed E-state index contributed by atoms with van der Waals surface area (Å²) in [6, 6.07) is 7.82. The van der Waals surface area contributed by atoms with Gasteiger partial charge in [0, 0.05) is 13.1 Å². The zero-order valence-electron chi connectivity index (χ0n) is 11.0. The van der Waals surface area contributed by atoms with Crippen molar-refractivity contribution in [1.29, 1.82) is 0 Å². The Morgan fingerprint density at radius 3 is 3.05 bits per heavy atom. The van der Waals surface area contributed by atoms with Gasteiger partial charge in [0.2, 0.25) is 5.91 Å². The van der Waals surface area contributed by atoms with Crippen molar-refractivity contribution < 1.29 is 9.18 Å². The van der Waals surface area contributed by atoms with Crippen LogP contribution in [0.15, 0.2) is 24.3 Å². The number of para-hydroxylation sites is 1. The minimum atomic E-state index is -0.903. The standard InChI is InChI=1S/C14H16FN3OS/c15-10-5-6-18(8-13(16)19)7-9(10)14-17-11-3-1-2-4-12(11)20-14/h1-4,9-10H,5-8H2,(H2,16,19). The second-order valence-corrected chi connectivity index (χ2v) is 6.19. The normalized spacial score (nSPS) is 24.1. The fourth-order valence-corrected chi connectivity index (χ4v) is 3.74. The summed E-state index contributed by atoms with van der Waals surface area (Å²) in [5.41, 5.74) is 6.12. The van der Waals surface area contributed by atoms with E-state index in [0.717, 1.165) is 15.2 Å². The molecule has 4 nitrogen and oxygen atoms in total. The van der Waals surface area contributed by atoms with E-state index in [1.165, 1.54) is 11.3 Å². The second-order valence-electron chi connectivity index (χ2n) is 5.13. The first-order valence-corrected chi connectivity index (χ1v) is 7.45. The number of carbonyl (C=O) groups is 1. The molecule has 1 aliphatic rings. The molecular weight excluding hydrogens is 277 g/mol. The van der Waals surface area contributed by atoms with Gasteiger partial charge in [-0.3, -0.25) is 9.69 Å². The number of rotatable bonds is 3. The van der Waals surface area contributed by atoms with Gasteiger partial charge >= 0.3 is 0 Å². The maximum Gasteiger partial charge on any atom is 0.231 e. The van der Waals surface area contributed by atoms with Crippen LogP contribution in [0.2, 0.25) is 0 Å². The van der Waals surface area contributed by atoms with E-state index in [0.29, 0.717) is 19.5 Å². The van der Waals surface area contributed by atoms with Gasteiger partial charge in [0.05, 0.1) is 22.7 Å². The van der Waals surface area contributed by atoms with Crippen LogP contribution >= 0.6 is 11.3 Å². The SMILES string of the molecule is NC(=O)CN1CCC(F)C(c2nc3ccccc3s2)C1. The first kappa shape index (κ1) is 13.5. The van der Waals surface area contributed by atoms with Crippen molar-refractivity contribution in [2.24, 2.45) is 5.73 Å². The van der Waals surface area contributed by atoms with Gasteiger partial charge < -0.3 is 5.73 Å². The molecule has 1 aromatic heterocycles. The lowest BCUT2D eigenvalue weighted by Crippen LogP contribution is -2.44. The molecule has 2 atom stereocenters. The third kappa shape index (κ3) is 2.66. The smallest absolute Gasteiger partial charge is 0.231 e. The summed E-state index contributed by atoms with van der Waals surface area (Å²) in [5.74, 6) is -0.633. The number of nitrogens with zero attached hydrogens (tertiary/aromatic N) is 2. The van der Waals surface area contributed by atoms with Crippen LogP contribution in [-0.2, 0) is 4.79 Å². The molecule has 1 aromatic carbocycles. The van der Waals surface area contributed by atoms with Crippen molar-refractivity contribution >= 4 is 27.5 Å². The molecule has 20 heavy (non-hydrogen) atoms. The first-order valence-electron chi connectivity index (χ1n) is 6.63. The Morgan fingerprint density at radius 2 is 2.30 bits per heavy atom. The first-order chi connectivity index (χ1) is 9.63. The van der Waals surface area contributed by atoms with Crippen LogP contribution in [0.1, 0.15) is 17.3 Å². The summed E-state index contributed by atoms with van der Waals surface area (Å²) < 4.78 is 15.3. The number of thiazole rings is 1. The predicted octanol–water partition coefficient (Wildman–Crippen LogP) is 1.91. The molecule has 2 aromatic rings. The molecule has 0 radical (unpaired) electrons. The molecular formula is C14H16FN3OS. The minimum Gasteiger partial charge on any atom is -0.369 e. The highest BCUT2D eigenvalue weighted by Gasteiger charge is 2.33. The molecule has 0 bridgehead atoms. The number of primary amides is 1. The van der Waals surface area contributed by atoms with E-state index in [4.69, 9.17) is 5.73 Å². The maximum atomic E-state index is 14.2. The highest BCUT2D eigenvalue weighted by atomic mass is 32.1. The molecule has 2 heterocycles. The summed E-state index contributed by atoms with van der Waals surface area (Å²) >= 11 is 1.53. The van der Waals surface area contributed by atoms with Gasteiger partial charge in [0.1, 0.15) is 11.2 Å². The van der Waals surface area contributed by atoms with Crippen LogP contribution in [0, 0.1) is 0 Å². The Kier molecular flexibility index (Phi) is 3.67. The lowest BCUT2D eigenvalue weighted by molar-refractivity contribution is -0.119. The summed E-state index contributed by atoms with van der Waals surface area (Å²) in [7, 11) is 0. The third-order valence-corrected chi connectivity index (χ3v) is 4.79. The molecule has 0 saturated carbocycles.